The average molecular weight is 956 g/mol. The molecule has 4 amide bonds. The Labute approximate surface area is 400 Å². The summed E-state index contributed by atoms with van der Waals surface area (Å²) in [6, 6.07) is 28.6. The molecule has 0 saturated carbocycles. The van der Waals surface area contributed by atoms with E-state index in [4.69, 9.17) is 18.9 Å². The number of aliphatic imine (C=N–C) groups is 3. The maximum absolute atomic E-state index is 11.0. The van der Waals surface area contributed by atoms with Gasteiger partial charge in [0, 0.05) is 70.4 Å². The van der Waals surface area contributed by atoms with Crippen molar-refractivity contribution in [2.75, 3.05) is 63.7 Å². The summed E-state index contributed by atoms with van der Waals surface area (Å²) >= 11 is 0. The number of aryl methyl sites for hydroxylation is 1. The van der Waals surface area contributed by atoms with Crippen LogP contribution in [0.2, 0.25) is 0 Å². The van der Waals surface area contributed by atoms with Crippen molar-refractivity contribution < 1.29 is 75.6 Å². The van der Waals surface area contributed by atoms with Gasteiger partial charge in [-0.25, -0.2) is 19.6 Å². The number of amidine groups is 1. The number of methoxy groups -OCH3 is 3. The largest absolute Gasteiger partial charge is 0.528 e. The molecule has 1 radical (unpaired) electrons. The molecule has 0 atom stereocenters. The van der Waals surface area contributed by atoms with Crippen LogP contribution in [0.3, 0.4) is 0 Å². The Kier molecular flexibility index (Phi) is 44.5. The maximum atomic E-state index is 11.0. The number of hydrogen-bond acceptors (Lipinski definition) is 12. The van der Waals surface area contributed by atoms with Gasteiger partial charge in [-0.15, -0.1) is 11.8 Å². The summed E-state index contributed by atoms with van der Waals surface area (Å²) in [7, 11) is 4.49. The van der Waals surface area contributed by atoms with E-state index >= 15 is 0 Å². The second kappa shape index (κ2) is 43.5. The van der Waals surface area contributed by atoms with Crippen molar-refractivity contribution in [3.05, 3.63) is 84.4 Å². The zero-order valence-electron chi connectivity index (χ0n) is 38.2. The standard InChI is InChI=1S/C13H20N2O2.C10H11N2O3.C10H12N2.C7H15NO3.C4H8NO.CH4.Y/c1-11(2)14-13(17-10-9-16-3)15-12-7-5-4-6-8-12;1-7-3-4-8(11-6-13)5-9(7)12-10(14)15-2;1-9(2)11-8-12-10-6-4-3-5-7-10;1-6(2)8-7(9)11-5-4-10-3;1-4(2)5-3-6;;/h4-8,11H,9-10H2,1-3H3,(H,14,15);3-5H,1-2H3,(H,11,13)(H,12,14);3-7,9H,1-2H3;6H,4-5H2,1-3H3,(H,8,9);4H,1-2H3,(H,5,6);1H4;/q;-1;;;-1;;. The number of alkyl carbamates (subject to hydrolysis) is 1. The van der Waals surface area contributed by atoms with E-state index in [1.54, 1.807) is 45.2 Å². The van der Waals surface area contributed by atoms with E-state index in [9.17, 15) is 19.2 Å². The van der Waals surface area contributed by atoms with E-state index in [1.807, 2.05) is 123 Å². The zero-order chi connectivity index (χ0) is 46.3. The fraction of sp³-hybridized carbons (Fsp3) is 0.467. The first-order valence-corrected chi connectivity index (χ1v) is 19.5. The molecule has 17 nitrogen and oxygen atoms in total. The van der Waals surface area contributed by atoms with E-state index < -0.39 is 12.2 Å². The molecular weight excluding hydrogens is 885 g/mol. The van der Waals surface area contributed by atoms with Crippen LogP contribution in [0.5, 0.6) is 0 Å². The Bertz CT molecular complexity index is 1690. The summed E-state index contributed by atoms with van der Waals surface area (Å²) < 4.78 is 24.3. The van der Waals surface area contributed by atoms with Crippen molar-refractivity contribution in [2.45, 2.75) is 93.9 Å². The minimum absolute atomic E-state index is 0. The van der Waals surface area contributed by atoms with Gasteiger partial charge in [0.2, 0.25) is 0 Å². The van der Waals surface area contributed by atoms with Gasteiger partial charge in [-0.1, -0.05) is 56.0 Å². The summed E-state index contributed by atoms with van der Waals surface area (Å²) in [4.78, 5) is 53.6. The van der Waals surface area contributed by atoms with Crippen LogP contribution in [0, 0.1) is 6.92 Å². The Morgan fingerprint density at radius 2 is 1.25 bits per heavy atom. The van der Waals surface area contributed by atoms with E-state index in [1.165, 1.54) is 7.11 Å². The Hall–Kier alpha value is -5.19. The number of rotatable bonds is 16. The van der Waals surface area contributed by atoms with E-state index in [-0.39, 0.29) is 64.3 Å². The molecule has 3 rings (SSSR count). The monoisotopic (exact) mass is 955 g/mol. The van der Waals surface area contributed by atoms with Gasteiger partial charge in [0.25, 0.3) is 6.02 Å². The van der Waals surface area contributed by atoms with Gasteiger partial charge in [0.15, 0.2) is 0 Å². The van der Waals surface area contributed by atoms with Crippen LogP contribution in [-0.2, 0) is 66.0 Å². The van der Waals surface area contributed by atoms with Crippen LogP contribution < -0.4 is 26.6 Å². The molecule has 0 heterocycles. The van der Waals surface area contributed by atoms with Gasteiger partial charge in [-0.2, -0.15) is 11.4 Å². The smallest absolute Gasteiger partial charge is 0.411 e. The third kappa shape index (κ3) is 41.9. The van der Waals surface area contributed by atoms with Gasteiger partial charge in [0.1, 0.15) is 13.2 Å². The molecule has 0 aliphatic heterocycles. The first-order chi connectivity index (χ1) is 29.1. The summed E-state index contributed by atoms with van der Waals surface area (Å²) in [6.07, 6.45) is 2.18. The van der Waals surface area contributed by atoms with Gasteiger partial charge in [-0.05, 0) is 98.2 Å². The van der Waals surface area contributed by atoms with Crippen LogP contribution in [0.4, 0.5) is 32.3 Å². The van der Waals surface area contributed by atoms with Crippen LogP contribution in [-0.4, -0.2) is 109 Å². The summed E-state index contributed by atoms with van der Waals surface area (Å²) in [5, 5.41) is 13.0. The van der Waals surface area contributed by atoms with Crippen LogP contribution in [0.1, 0.15) is 68.4 Å². The summed E-state index contributed by atoms with van der Waals surface area (Å²) in [6.45, 7) is 19.1. The third-order valence-electron chi connectivity index (χ3n) is 6.31. The number of carbonyl (C=O) groups excluding carboxylic acids is 4. The number of carbonyl (C=O) groups is 2. The predicted molar refractivity (Wildman–Crippen MR) is 250 cm³/mol. The van der Waals surface area contributed by atoms with Crippen molar-refractivity contribution in [3.63, 3.8) is 0 Å². The Morgan fingerprint density at radius 1 is 0.683 bits per heavy atom. The number of para-hydroxylation sites is 2. The molecule has 349 valence electrons. The van der Waals surface area contributed by atoms with Crippen LogP contribution >= 0.6 is 0 Å². The molecular formula is C45H70N8O9Y-2. The van der Waals surface area contributed by atoms with Crippen LogP contribution in [0.25, 0.3) is 0 Å². The third-order valence-corrected chi connectivity index (χ3v) is 6.31. The number of amides is 4. The zero-order valence-corrected chi connectivity index (χ0v) is 41.1. The van der Waals surface area contributed by atoms with Crippen LogP contribution in [0.15, 0.2) is 93.8 Å². The first kappa shape index (κ1) is 64.4. The quantitative estimate of drug-likeness (QED) is 0.0304. The maximum Gasteiger partial charge on any atom is 0.411 e. The number of ether oxygens (including phenoxy) is 5. The normalized spacial score (nSPS) is 9.62. The van der Waals surface area contributed by atoms with Crippen molar-refractivity contribution >= 4 is 59.8 Å². The molecule has 0 spiro atoms. The van der Waals surface area contributed by atoms with Crippen molar-refractivity contribution in [1.29, 1.82) is 0 Å². The van der Waals surface area contributed by atoms with Gasteiger partial charge in [0.05, 0.1) is 44.5 Å². The fourth-order valence-corrected chi connectivity index (χ4v) is 3.58. The van der Waals surface area contributed by atoms with E-state index in [0.29, 0.717) is 43.8 Å². The fourth-order valence-electron chi connectivity index (χ4n) is 3.58. The topological polar surface area (TPSA) is 212 Å². The van der Waals surface area contributed by atoms with Crippen molar-refractivity contribution in [1.82, 2.24) is 10.6 Å². The number of hydrogen-bond donors (Lipinski definition) is 5. The molecule has 0 saturated heterocycles. The number of nitrogens with zero attached hydrogens (tertiary/aromatic N) is 3. The number of anilines is 3. The van der Waals surface area contributed by atoms with Gasteiger partial charge < -0.3 is 54.5 Å². The molecule has 5 N–H and O–H groups in total. The molecule has 63 heavy (non-hydrogen) atoms. The molecule has 0 unspecified atom stereocenters. The summed E-state index contributed by atoms with van der Waals surface area (Å²) in [5.41, 5.74) is 3.87. The average Bonchev–Trinajstić information content (AvgIpc) is 3.20. The van der Waals surface area contributed by atoms with Crippen molar-refractivity contribution in [2.24, 2.45) is 15.0 Å². The van der Waals surface area contributed by atoms with Crippen molar-refractivity contribution in [3.8, 4) is 0 Å². The molecule has 0 bridgehead atoms. The second-order valence-corrected chi connectivity index (χ2v) is 13.3. The van der Waals surface area contributed by atoms with E-state index in [2.05, 4.69) is 52.3 Å². The minimum Gasteiger partial charge on any atom is -0.528 e. The molecule has 0 fully saturated rings. The SMILES string of the molecule is C.CC(C)N=C=Nc1ccccc1.CC(C)N[C-]=O.COC(=O)Nc1cc(N[C-]=O)ccc1C.COCCOC(=NC(C)C)Nc1ccccc1.COCCOC(=O)NC(C)C.[Y]. The molecule has 0 aromatic heterocycles. The molecule has 3 aromatic carbocycles. The molecule has 3 aromatic rings. The van der Waals surface area contributed by atoms with Gasteiger partial charge in [-0.3, -0.25) is 5.32 Å². The molecule has 0 aliphatic rings. The van der Waals surface area contributed by atoms with E-state index in [0.717, 1.165) is 16.9 Å². The Balaban J connectivity index is -0.000000353. The van der Waals surface area contributed by atoms with Gasteiger partial charge >= 0.3 is 12.2 Å². The number of nitrogens with one attached hydrogen (secondary N) is 5. The first-order valence-electron chi connectivity index (χ1n) is 19.5. The molecule has 18 heteroatoms. The number of benzene rings is 3. The predicted octanol–water partition coefficient (Wildman–Crippen LogP) is 8.53. The second-order valence-electron chi connectivity index (χ2n) is 13.3. The Morgan fingerprint density at radius 3 is 1.71 bits per heavy atom. The molecule has 0 aliphatic carbocycles. The minimum atomic E-state index is -0.551. The summed E-state index contributed by atoms with van der Waals surface area (Å²) in [5.74, 6) is 0.